The number of carbonyl (C=O) groups excluding carboxylic acids is 2. The van der Waals surface area contributed by atoms with E-state index in [0.29, 0.717) is 0 Å². The zero-order valence-electron chi connectivity index (χ0n) is 12.6. The molecule has 0 bridgehead atoms. The molecule has 1 aliphatic heterocycles. The van der Waals surface area contributed by atoms with Crippen LogP contribution in [0.3, 0.4) is 0 Å². The molecule has 0 aromatic heterocycles. The highest BCUT2D eigenvalue weighted by atomic mass is 19.2. The lowest BCUT2D eigenvalue weighted by Gasteiger charge is -2.40. The second-order valence-corrected chi connectivity index (χ2v) is 6.11. The molecule has 3 atom stereocenters. The summed E-state index contributed by atoms with van der Waals surface area (Å²) in [4.78, 5) is 24.1. The van der Waals surface area contributed by atoms with Gasteiger partial charge in [0.25, 0.3) is 0 Å². The lowest BCUT2D eigenvalue weighted by atomic mass is 9.87. The molecule has 1 saturated carbocycles. The molecule has 1 aromatic rings. The van der Waals surface area contributed by atoms with Crippen molar-refractivity contribution in [2.75, 3.05) is 5.32 Å². The minimum Gasteiger partial charge on any atom is -0.350 e. The maximum atomic E-state index is 13.1. The Kier molecular flexibility index (Phi) is 4.56. The summed E-state index contributed by atoms with van der Waals surface area (Å²) in [5.74, 6) is -2.60. The van der Waals surface area contributed by atoms with E-state index in [2.05, 4.69) is 16.0 Å². The van der Waals surface area contributed by atoms with Crippen LogP contribution in [0.25, 0.3) is 0 Å². The predicted octanol–water partition coefficient (Wildman–Crippen LogP) is 1.69. The molecule has 2 aliphatic rings. The van der Waals surface area contributed by atoms with E-state index in [4.69, 9.17) is 0 Å². The van der Waals surface area contributed by atoms with Crippen molar-refractivity contribution in [1.82, 2.24) is 10.6 Å². The van der Waals surface area contributed by atoms with E-state index in [9.17, 15) is 18.4 Å². The standard InChI is InChI=1S/C16H19F2N3O2/c17-10-6-5-9(7-11(10)18)19-15(22)8-14-16(23)21-13-4-2-1-3-12(13)20-14/h5-7,12-14,20H,1-4,8H2,(H,19,22)(H,21,23)/t12-,13+,14+/m0/s1. The number of nitrogens with one attached hydrogen (secondary N) is 3. The van der Waals surface area contributed by atoms with Gasteiger partial charge in [0.05, 0.1) is 12.5 Å². The van der Waals surface area contributed by atoms with Crippen molar-refractivity contribution in [3.8, 4) is 0 Å². The Balaban J connectivity index is 1.58. The highest BCUT2D eigenvalue weighted by Crippen LogP contribution is 2.22. The fourth-order valence-electron chi connectivity index (χ4n) is 3.24. The Morgan fingerprint density at radius 3 is 2.65 bits per heavy atom. The van der Waals surface area contributed by atoms with Gasteiger partial charge in [0.1, 0.15) is 0 Å². The molecule has 23 heavy (non-hydrogen) atoms. The normalized spacial score (nSPS) is 27.0. The summed E-state index contributed by atoms with van der Waals surface area (Å²) in [6.07, 6.45) is 4.10. The van der Waals surface area contributed by atoms with Crippen LogP contribution >= 0.6 is 0 Å². The number of carbonyl (C=O) groups is 2. The van der Waals surface area contributed by atoms with Crippen LogP contribution in [-0.4, -0.2) is 29.9 Å². The maximum Gasteiger partial charge on any atom is 0.237 e. The molecule has 0 spiro atoms. The second-order valence-electron chi connectivity index (χ2n) is 6.11. The molecule has 1 saturated heterocycles. The summed E-state index contributed by atoms with van der Waals surface area (Å²) in [5, 5.41) is 8.68. The Bertz CT molecular complexity index is 623. The van der Waals surface area contributed by atoms with E-state index < -0.39 is 23.6 Å². The summed E-state index contributed by atoms with van der Waals surface area (Å²) >= 11 is 0. The average molecular weight is 323 g/mol. The number of fused-ring (bicyclic) bond motifs is 1. The zero-order chi connectivity index (χ0) is 16.4. The van der Waals surface area contributed by atoms with Gasteiger partial charge in [-0.3, -0.25) is 9.59 Å². The predicted molar refractivity (Wildman–Crippen MR) is 80.7 cm³/mol. The quantitative estimate of drug-likeness (QED) is 0.793. The zero-order valence-corrected chi connectivity index (χ0v) is 12.6. The highest BCUT2D eigenvalue weighted by Gasteiger charge is 2.36. The molecule has 0 unspecified atom stereocenters. The van der Waals surface area contributed by atoms with Crippen LogP contribution in [0.5, 0.6) is 0 Å². The molecular weight excluding hydrogens is 304 g/mol. The Morgan fingerprint density at radius 1 is 1.17 bits per heavy atom. The molecule has 124 valence electrons. The number of anilines is 1. The third-order valence-corrected chi connectivity index (χ3v) is 4.42. The summed E-state index contributed by atoms with van der Waals surface area (Å²) in [6.45, 7) is 0. The summed E-state index contributed by atoms with van der Waals surface area (Å²) in [5.41, 5.74) is 0.167. The Hall–Kier alpha value is -2.02. The van der Waals surface area contributed by atoms with Gasteiger partial charge in [0, 0.05) is 23.8 Å². The number of amides is 2. The molecule has 5 nitrogen and oxygen atoms in total. The lowest BCUT2D eigenvalue weighted by molar-refractivity contribution is -0.129. The van der Waals surface area contributed by atoms with Crippen molar-refractivity contribution >= 4 is 17.5 Å². The molecular formula is C16H19F2N3O2. The SMILES string of the molecule is O=C(C[C@H]1N[C@H]2CCCC[C@H]2NC1=O)Nc1ccc(F)c(F)c1. The van der Waals surface area contributed by atoms with Crippen molar-refractivity contribution in [2.24, 2.45) is 0 Å². The largest absolute Gasteiger partial charge is 0.350 e. The van der Waals surface area contributed by atoms with Crippen molar-refractivity contribution in [3.63, 3.8) is 0 Å². The first-order valence-corrected chi connectivity index (χ1v) is 7.84. The molecule has 1 aliphatic carbocycles. The molecule has 0 radical (unpaired) electrons. The van der Waals surface area contributed by atoms with E-state index in [0.717, 1.165) is 37.8 Å². The fraction of sp³-hybridized carbons (Fsp3) is 0.500. The smallest absolute Gasteiger partial charge is 0.237 e. The minimum atomic E-state index is -1.03. The highest BCUT2D eigenvalue weighted by molar-refractivity contribution is 5.95. The first-order chi connectivity index (χ1) is 11.0. The van der Waals surface area contributed by atoms with Gasteiger partial charge in [-0.05, 0) is 25.0 Å². The van der Waals surface area contributed by atoms with Crippen molar-refractivity contribution in [2.45, 2.75) is 50.2 Å². The number of hydrogen-bond acceptors (Lipinski definition) is 3. The van der Waals surface area contributed by atoms with Gasteiger partial charge in [-0.15, -0.1) is 0 Å². The summed E-state index contributed by atoms with van der Waals surface area (Å²) in [7, 11) is 0. The molecule has 1 aromatic carbocycles. The number of halogens is 2. The first kappa shape index (κ1) is 15.9. The minimum absolute atomic E-state index is 0.0476. The van der Waals surface area contributed by atoms with Gasteiger partial charge in [0.2, 0.25) is 11.8 Å². The second kappa shape index (κ2) is 6.62. The van der Waals surface area contributed by atoms with Crippen LogP contribution in [-0.2, 0) is 9.59 Å². The van der Waals surface area contributed by atoms with E-state index in [-0.39, 0.29) is 30.1 Å². The van der Waals surface area contributed by atoms with Gasteiger partial charge < -0.3 is 16.0 Å². The van der Waals surface area contributed by atoms with Gasteiger partial charge in [-0.2, -0.15) is 0 Å². The molecule has 2 fully saturated rings. The summed E-state index contributed by atoms with van der Waals surface area (Å²) in [6, 6.07) is 2.88. The lowest BCUT2D eigenvalue weighted by Crippen LogP contribution is -2.65. The fourth-order valence-corrected chi connectivity index (χ4v) is 3.24. The van der Waals surface area contributed by atoms with Crippen LogP contribution in [0.1, 0.15) is 32.1 Å². The molecule has 3 N–H and O–H groups in total. The Labute approximate surface area is 132 Å². The van der Waals surface area contributed by atoms with Crippen LogP contribution in [0, 0.1) is 11.6 Å². The van der Waals surface area contributed by atoms with E-state index >= 15 is 0 Å². The van der Waals surface area contributed by atoms with Crippen molar-refractivity contribution in [1.29, 1.82) is 0 Å². The third-order valence-electron chi connectivity index (χ3n) is 4.42. The van der Waals surface area contributed by atoms with Crippen molar-refractivity contribution < 1.29 is 18.4 Å². The molecule has 1 heterocycles. The van der Waals surface area contributed by atoms with Crippen LogP contribution in [0.2, 0.25) is 0 Å². The number of rotatable bonds is 3. The third kappa shape index (κ3) is 3.67. The number of hydrogen-bond donors (Lipinski definition) is 3. The van der Waals surface area contributed by atoms with E-state index in [1.54, 1.807) is 0 Å². The van der Waals surface area contributed by atoms with Crippen LogP contribution in [0.15, 0.2) is 18.2 Å². The van der Waals surface area contributed by atoms with Gasteiger partial charge in [-0.1, -0.05) is 12.8 Å². The molecule has 3 rings (SSSR count). The topological polar surface area (TPSA) is 70.2 Å². The molecule has 2 amide bonds. The van der Waals surface area contributed by atoms with Gasteiger partial charge >= 0.3 is 0 Å². The average Bonchev–Trinajstić information content (AvgIpc) is 2.51. The van der Waals surface area contributed by atoms with Crippen molar-refractivity contribution in [3.05, 3.63) is 29.8 Å². The Morgan fingerprint density at radius 2 is 1.91 bits per heavy atom. The number of benzene rings is 1. The first-order valence-electron chi connectivity index (χ1n) is 7.84. The summed E-state index contributed by atoms with van der Waals surface area (Å²) < 4.78 is 26.0. The van der Waals surface area contributed by atoms with Crippen LogP contribution < -0.4 is 16.0 Å². The molecule has 7 heteroatoms. The van der Waals surface area contributed by atoms with Gasteiger partial charge in [0.15, 0.2) is 11.6 Å². The van der Waals surface area contributed by atoms with Crippen LogP contribution in [0.4, 0.5) is 14.5 Å². The number of piperazine rings is 1. The van der Waals surface area contributed by atoms with Gasteiger partial charge in [-0.25, -0.2) is 8.78 Å². The van der Waals surface area contributed by atoms with E-state index in [1.807, 2.05) is 0 Å². The van der Waals surface area contributed by atoms with E-state index in [1.165, 1.54) is 6.07 Å². The maximum absolute atomic E-state index is 13.1. The monoisotopic (exact) mass is 323 g/mol.